The average Bonchev–Trinajstić information content (AvgIpc) is 2.03. The van der Waals surface area contributed by atoms with Gasteiger partial charge < -0.3 is 5.32 Å². The molecule has 1 amide bonds. The second kappa shape index (κ2) is 4.57. The van der Waals surface area contributed by atoms with Gasteiger partial charge in [0.15, 0.2) is 0 Å². The van der Waals surface area contributed by atoms with Gasteiger partial charge in [0, 0.05) is 24.6 Å². The normalized spacial score (nSPS) is 20.4. The molecule has 1 heterocycles. The smallest absolute Gasteiger partial charge is 0.208 e. The Labute approximate surface area is 65.2 Å². The summed E-state index contributed by atoms with van der Waals surface area (Å²) >= 11 is 1.97. The van der Waals surface area contributed by atoms with E-state index < -0.39 is 0 Å². The van der Waals surface area contributed by atoms with Gasteiger partial charge in [0.05, 0.1) is 6.67 Å². The zero-order valence-electron chi connectivity index (χ0n) is 5.88. The van der Waals surface area contributed by atoms with Crippen LogP contribution in [0.3, 0.4) is 0 Å². The Kier molecular flexibility index (Phi) is 3.60. The zero-order chi connectivity index (χ0) is 7.23. The highest BCUT2D eigenvalue weighted by Gasteiger charge is 2.07. The summed E-state index contributed by atoms with van der Waals surface area (Å²) in [5.74, 6) is 2.39. The van der Waals surface area contributed by atoms with Crippen molar-refractivity contribution in [2.24, 2.45) is 0 Å². The Morgan fingerprint density at radius 1 is 1.50 bits per heavy atom. The minimum Gasteiger partial charge on any atom is -0.346 e. The van der Waals surface area contributed by atoms with E-state index in [1.54, 1.807) is 0 Å². The Balaban J connectivity index is 2.07. The van der Waals surface area contributed by atoms with Gasteiger partial charge in [-0.15, -0.1) is 0 Å². The summed E-state index contributed by atoms with van der Waals surface area (Å²) in [6.45, 7) is 2.92. The number of rotatable bonds is 3. The molecule has 0 unspecified atom stereocenters. The molecule has 58 valence electrons. The van der Waals surface area contributed by atoms with E-state index in [0.29, 0.717) is 6.67 Å². The highest BCUT2D eigenvalue weighted by Crippen LogP contribution is 2.07. The first kappa shape index (κ1) is 7.88. The monoisotopic (exact) mass is 160 g/mol. The number of nitrogens with one attached hydrogen (secondary N) is 1. The maximum Gasteiger partial charge on any atom is 0.208 e. The third-order valence-corrected chi connectivity index (χ3v) is 2.44. The van der Waals surface area contributed by atoms with Crippen molar-refractivity contribution < 1.29 is 4.79 Å². The fourth-order valence-corrected chi connectivity index (χ4v) is 1.90. The molecule has 1 aliphatic heterocycles. The van der Waals surface area contributed by atoms with Crippen LogP contribution in [0.1, 0.15) is 0 Å². The molecule has 4 heteroatoms. The van der Waals surface area contributed by atoms with Gasteiger partial charge >= 0.3 is 0 Å². The van der Waals surface area contributed by atoms with E-state index in [9.17, 15) is 4.79 Å². The average molecular weight is 160 g/mol. The first-order chi connectivity index (χ1) is 4.93. The minimum absolute atomic E-state index is 0.712. The highest BCUT2D eigenvalue weighted by molar-refractivity contribution is 7.99. The van der Waals surface area contributed by atoms with Crippen LogP contribution in [0.5, 0.6) is 0 Å². The van der Waals surface area contributed by atoms with E-state index in [0.717, 1.165) is 19.5 Å². The fourth-order valence-electron chi connectivity index (χ4n) is 0.926. The van der Waals surface area contributed by atoms with Crippen LogP contribution >= 0.6 is 11.8 Å². The molecule has 1 aliphatic rings. The summed E-state index contributed by atoms with van der Waals surface area (Å²) in [5.41, 5.74) is 0. The van der Waals surface area contributed by atoms with Crippen LogP contribution in [0.4, 0.5) is 0 Å². The van der Waals surface area contributed by atoms with E-state index in [1.807, 2.05) is 11.8 Å². The number of hydrogen-bond donors (Lipinski definition) is 1. The van der Waals surface area contributed by atoms with Gasteiger partial charge in [-0.05, 0) is 0 Å². The fraction of sp³-hybridized carbons (Fsp3) is 0.833. The highest BCUT2D eigenvalue weighted by atomic mass is 32.2. The van der Waals surface area contributed by atoms with E-state index in [2.05, 4.69) is 10.2 Å². The lowest BCUT2D eigenvalue weighted by Gasteiger charge is -2.25. The first-order valence-corrected chi connectivity index (χ1v) is 4.56. The van der Waals surface area contributed by atoms with Crippen LogP contribution in [-0.4, -0.2) is 42.6 Å². The van der Waals surface area contributed by atoms with Gasteiger partial charge in [0.2, 0.25) is 6.41 Å². The van der Waals surface area contributed by atoms with Crippen LogP contribution in [0.25, 0.3) is 0 Å². The van der Waals surface area contributed by atoms with Crippen molar-refractivity contribution in [3.05, 3.63) is 0 Å². The Morgan fingerprint density at radius 2 is 2.20 bits per heavy atom. The number of hydrogen-bond acceptors (Lipinski definition) is 3. The third-order valence-electron chi connectivity index (χ3n) is 1.50. The van der Waals surface area contributed by atoms with Crippen molar-refractivity contribution in [2.45, 2.75) is 0 Å². The Bertz CT molecular complexity index is 104. The lowest BCUT2D eigenvalue weighted by atomic mass is 10.5. The van der Waals surface area contributed by atoms with E-state index in [-0.39, 0.29) is 0 Å². The molecule has 1 fully saturated rings. The number of thioether (sulfide) groups is 1. The molecule has 0 aliphatic carbocycles. The molecule has 1 saturated heterocycles. The van der Waals surface area contributed by atoms with Gasteiger partial charge in [-0.1, -0.05) is 0 Å². The summed E-state index contributed by atoms with van der Waals surface area (Å²) in [4.78, 5) is 12.1. The first-order valence-electron chi connectivity index (χ1n) is 3.40. The summed E-state index contributed by atoms with van der Waals surface area (Å²) in [6, 6.07) is 0. The molecule has 10 heavy (non-hydrogen) atoms. The quantitative estimate of drug-likeness (QED) is 0.577. The van der Waals surface area contributed by atoms with Crippen molar-refractivity contribution in [2.75, 3.05) is 31.3 Å². The number of carbonyl (C=O) groups excluding carboxylic acids is 1. The Morgan fingerprint density at radius 3 is 2.80 bits per heavy atom. The van der Waals surface area contributed by atoms with Crippen LogP contribution in [0.2, 0.25) is 0 Å². The molecule has 0 spiro atoms. The summed E-state index contributed by atoms with van der Waals surface area (Å²) in [6.07, 6.45) is 0.752. The standard InChI is InChI=1S/C6H12N2OS/c9-6-7-5-8-1-3-10-4-2-8/h6H,1-5H2,(H,7,9). The molecule has 0 aromatic carbocycles. The summed E-state index contributed by atoms with van der Waals surface area (Å²) in [7, 11) is 0. The molecular formula is C6H12N2OS. The van der Waals surface area contributed by atoms with Gasteiger partial charge in [0.1, 0.15) is 0 Å². The lowest BCUT2D eigenvalue weighted by Crippen LogP contribution is -2.39. The van der Waals surface area contributed by atoms with Crippen LogP contribution in [-0.2, 0) is 4.79 Å². The molecular weight excluding hydrogens is 148 g/mol. The SMILES string of the molecule is O=CNCN1CCSCC1. The molecule has 0 bridgehead atoms. The van der Waals surface area contributed by atoms with Crippen LogP contribution in [0, 0.1) is 0 Å². The van der Waals surface area contributed by atoms with Gasteiger partial charge in [-0.25, -0.2) is 0 Å². The predicted molar refractivity (Wildman–Crippen MR) is 43.0 cm³/mol. The van der Waals surface area contributed by atoms with E-state index in [1.165, 1.54) is 11.5 Å². The minimum atomic E-state index is 0.712. The number of nitrogens with zero attached hydrogens (tertiary/aromatic N) is 1. The molecule has 0 atom stereocenters. The van der Waals surface area contributed by atoms with Crippen molar-refractivity contribution in [1.82, 2.24) is 10.2 Å². The molecule has 1 rings (SSSR count). The Hall–Kier alpha value is -0.220. The van der Waals surface area contributed by atoms with Crippen molar-refractivity contribution in [1.29, 1.82) is 0 Å². The topological polar surface area (TPSA) is 32.3 Å². The van der Waals surface area contributed by atoms with Gasteiger partial charge in [-0.3, -0.25) is 9.69 Å². The van der Waals surface area contributed by atoms with E-state index in [4.69, 9.17) is 0 Å². The molecule has 0 radical (unpaired) electrons. The molecule has 0 aromatic rings. The molecule has 1 N–H and O–H groups in total. The second-order valence-electron chi connectivity index (χ2n) is 2.21. The predicted octanol–water partition coefficient (Wildman–Crippen LogP) is -0.261. The zero-order valence-corrected chi connectivity index (χ0v) is 6.69. The number of amides is 1. The second-order valence-corrected chi connectivity index (χ2v) is 3.44. The van der Waals surface area contributed by atoms with E-state index >= 15 is 0 Å². The summed E-state index contributed by atoms with van der Waals surface area (Å²) < 4.78 is 0. The summed E-state index contributed by atoms with van der Waals surface area (Å²) in [5, 5.41) is 2.65. The van der Waals surface area contributed by atoms with Crippen LogP contribution in [0.15, 0.2) is 0 Å². The van der Waals surface area contributed by atoms with Crippen molar-refractivity contribution >= 4 is 18.2 Å². The third kappa shape index (κ3) is 2.58. The largest absolute Gasteiger partial charge is 0.346 e. The van der Waals surface area contributed by atoms with Crippen molar-refractivity contribution in [3.63, 3.8) is 0 Å². The lowest BCUT2D eigenvalue weighted by molar-refractivity contribution is -0.110. The van der Waals surface area contributed by atoms with Gasteiger partial charge in [0.25, 0.3) is 0 Å². The molecule has 3 nitrogen and oxygen atoms in total. The molecule has 0 saturated carbocycles. The van der Waals surface area contributed by atoms with Crippen LogP contribution < -0.4 is 5.32 Å². The van der Waals surface area contributed by atoms with Gasteiger partial charge in [-0.2, -0.15) is 11.8 Å². The van der Waals surface area contributed by atoms with Crippen molar-refractivity contribution in [3.8, 4) is 0 Å². The maximum absolute atomic E-state index is 9.90. The maximum atomic E-state index is 9.90. The molecule has 0 aromatic heterocycles. The number of carbonyl (C=O) groups is 1.